The molecule has 25 heavy (non-hydrogen) atoms. The van der Waals surface area contributed by atoms with E-state index in [1.54, 1.807) is 23.5 Å². The number of carbonyl (C=O) groups excluding carboxylic acids is 1. The predicted octanol–water partition coefficient (Wildman–Crippen LogP) is 4.48. The minimum absolute atomic E-state index is 0.200. The lowest BCUT2D eigenvalue weighted by atomic mass is 9.97. The number of hydrogen-bond acceptors (Lipinski definition) is 3. The van der Waals surface area contributed by atoms with Crippen molar-refractivity contribution in [1.29, 1.82) is 0 Å². The van der Waals surface area contributed by atoms with Crippen LogP contribution in [0.2, 0.25) is 0 Å². The Bertz CT molecular complexity index is 666. The Morgan fingerprint density at radius 1 is 1.28 bits per heavy atom. The van der Waals surface area contributed by atoms with Crippen LogP contribution in [0.1, 0.15) is 30.7 Å². The Kier molecular flexibility index (Phi) is 6.04. The minimum Gasteiger partial charge on any atom is -0.336 e. The number of urea groups is 1. The highest BCUT2D eigenvalue weighted by atomic mass is 32.1. The summed E-state index contributed by atoms with van der Waals surface area (Å²) < 4.78 is 12.9. The highest BCUT2D eigenvalue weighted by molar-refractivity contribution is 7.10. The molecule has 0 aliphatic carbocycles. The number of likely N-dealkylation sites (tertiary alicyclic amines) is 1. The number of nitrogens with zero attached hydrogens (tertiary/aromatic N) is 1. The van der Waals surface area contributed by atoms with Gasteiger partial charge in [-0.1, -0.05) is 13.0 Å². The monoisotopic (exact) mass is 361 g/mol. The molecule has 134 valence electrons. The van der Waals surface area contributed by atoms with Crippen LogP contribution in [-0.4, -0.2) is 30.6 Å². The lowest BCUT2D eigenvalue weighted by Gasteiger charge is -2.36. The molecule has 2 aromatic rings. The van der Waals surface area contributed by atoms with Gasteiger partial charge in [0.25, 0.3) is 0 Å². The van der Waals surface area contributed by atoms with E-state index in [0.29, 0.717) is 12.2 Å². The van der Waals surface area contributed by atoms with Crippen LogP contribution in [0.5, 0.6) is 0 Å². The zero-order valence-electron chi connectivity index (χ0n) is 14.4. The molecule has 0 radical (unpaired) electrons. The summed E-state index contributed by atoms with van der Waals surface area (Å²) in [6.45, 7) is 4.98. The second kappa shape index (κ2) is 8.45. The molecule has 1 aliphatic rings. The molecule has 0 spiro atoms. The van der Waals surface area contributed by atoms with E-state index >= 15 is 0 Å². The number of piperidine rings is 1. The van der Waals surface area contributed by atoms with Crippen LogP contribution in [0.3, 0.4) is 0 Å². The maximum atomic E-state index is 12.9. The van der Waals surface area contributed by atoms with Crippen molar-refractivity contribution >= 4 is 23.1 Å². The third-order valence-electron chi connectivity index (χ3n) is 4.69. The number of carbonyl (C=O) groups is 1. The Morgan fingerprint density at radius 3 is 2.64 bits per heavy atom. The zero-order chi connectivity index (χ0) is 17.6. The average Bonchev–Trinajstić information content (AvgIpc) is 3.13. The van der Waals surface area contributed by atoms with Gasteiger partial charge < -0.3 is 10.6 Å². The summed E-state index contributed by atoms with van der Waals surface area (Å²) in [6, 6.07) is 9.89. The van der Waals surface area contributed by atoms with Crippen molar-refractivity contribution < 1.29 is 9.18 Å². The van der Waals surface area contributed by atoms with E-state index in [9.17, 15) is 9.18 Å². The molecule has 2 heterocycles. The third-order valence-corrected chi connectivity index (χ3v) is 5.66. The van der Waals surface area contributed by atoms with E-state index in [2.05, 4.69) is 40.0 Å². The molecule has 2 amide bonds. The second-order valence-corrected chi connectivity index (χ2v) is 7.57. The SMILES string of the molecule is CC1CCN(C(CNC(=O)Nc2ccc(F)cc2)c2cccs2)CC1. The first-order valence-electron chi connectivity index (χ1n) is 8.69. The summed E-state index contributed by atoms with van der Waals surface area (Å²) in [4.78, 5) is 15.9. The van der Waals surface area contributed by atoms with Crippen molar-refractivity contribution in [3.05, 3.63) is 52.5 Å². The average molecular weight is 361 g/mol. The van der Waals surface area contributed by atoms with Crippen LogP contribution in [0.4, 0.5) is 14.9 Å². The smallest absolute Gasteiger partial charge is 0.319 e. The van der Waals surface area contributed by atoms with Crippen LogP contribution in [-0.2, 0) is 0 Å². The van der Waals surface area contributed by atoms with Gasteiger partial charge in [-0.3, -0.25) is 4.90 Å². The van der Waals surface area contributed by atoms with Crippen molar-refractivity contribution in [3.63, 3.8) is 0 Å². The van der Waals surface area contributed by atoms with E-state index in [1.807, 2.05) is 0 Å². The summed E-state index contributed by atoms with van der Waals surface area (Å²) in [7, 11) is 0. The van der Waals surface area contributed by atoms with Gasteiger partial charge in [-0.15, -0.1) is 11.3 Å². The molecule has 1 atom stereocenters. The van der Waals surface area contributed by atoms with Crippen LogP contribution in [0, 0.1) is 11.7 Å². The van der Waals surface area contributed by atoms with Gasteiger partial charge >= 0.3 is 6.03 Å². The first kappa shape index (κ1) is 17.9. The standard InChI is InChI=1S/C19H24FN3OS/c1-14-8-10-23(11-9-14)17(18-3-2-12-25-18)13-21-19(24)22-16-6-4-15(20)5-7-16/h2-7,12,14,17H,8-11,13H2,1H3,(H2,21,22,24). The van der Waals surface area contributed by atoms with Crippen molar-refractivity contribution in [2.45, 2.75) is 25.8 Å². The lowest BCUT2D eigenvalue weighted by molar-refractivity contribution is 0.138. The number of anilines is 1. The van der Waals surface area contributed by atoms with Crippen LogP contribution in [0.15, 0.2) is 41.8 Å². The molecule has 0 bridgehead atoms. The van der Waals surface area contributed by atoms with E-state index in [0.717, 1.165) is 19.0 Å². The zero-order valence-corrected chi connectivity index (χ0v) is 15.2. The van der Waals surface area contributed by atoms with Gasteiger partial charge in [-0.05, 0) is 67.6 Å². The maximum Gasteiger partial charge on any atom is 0.319 e. The number of hydrogen-bond donors (Lipinski definition) is 2. The number of benzene rings is 1. The first-order valence-corrected chi connectivity index (χ1v) is 9.57. The molecule has 2 N–H and O–H groups in total. The lowest BCUT2D eigenvalue weighted by Crippen LogP contribution is -2.42. The fourth-order valence-corrected chi connectivity index (χ4v) is 3.99. The van der Waals surface area contributed by atoms with Crippen LogP contribution in [0.25, 0.3) is 0 Å². The van der Waals surface area contributed by atoms with Crippen LogP contribution >= 0.6 is 11.3 Å². The molecule has 0 saturated carbocycles. The Labute approximate surface area is 152 Å². The summed E-state index contributed by atoms with van der Waals surface area (Å²) in [5.41, 5.74) is 0.582. The van der Waals surface area contributed by atoms with Crippen molar-refractivity contribution in [3.8, 4) is 0 Å². The normalized spacial score (nSPS) is 17.2. The summed E-state index contributed by atoms with van der Waals surface area (Å²) in [6.07, 6.45) is 2.40. The molecule has 1 fully saturated rings. The van der Waals surface area contributed by atoms with Gasteiger partial charge in [0, 0.05) is 17.1 Å². The number of rotatable bonds is 5. The third kappa shape index (κ3) is 5.03. The molecular formula is C19H24FN3OS. The molecule has 1 aromatic carbocycles. The van der Waals surface area contributed by atoms with E-state index < -0.39 is 0 Å². The number of nitrogens with one attached hydrogen (secondary N) is 2. The van der Waals surface area contributed by atoms with Crippen molar-refractivity contribution in [2.75, 3.05) is 25.0 Å². The number of thiophene rings is 1. The molecule has 3 rings (SSSR count). The van der Waals surface area contributed by atoms with Crippen molar-refractivity contribution in [1.82, 2.24) is 10.2 Å². The fourth-order valence-electron chi connectivity index (χ4n) is 3.13. The highest BCUT2D eigenvalue weighted by Gasteiger charge is 2.25. The summed E-state index contributed by atoms with van der Waals surface area (Å²) in [5.74, 6) is 0.456. The molecule has 4 nitrogen and oxygen atoms in total. The van der Waals surface area contributed by atoms with E-state index in [1.165, 1.54) is 29.9 Å². The Balaban J connectivity index is 1.58. The van der Waals surface area contributed by atoms with Crippen LogP contribution < -0.4 is 10.6 Å². The quantitative estimate of drug-likeness (QED) is 0.824. The topological polar surface area (TPSA) is 44.4 Å². The molecule has 1 saturated heterocycles. The largest absolute Gasteiger partial charge is 0.336 e. The van der Waals surface area contributed by atoms with E-state index in [-0.39, 0.29) is 17.9 Å². The fraction of sp³-hybridized carbons (Fsp3) is 0.421. The first-order chi connectivity index (χ1) is 12.1. The highest BCUT2D eigenvalue weighted by Crippen LogP contribution is 2.29. The molecule has 1 aromatic heterocycles. The van der Waals surface area contributed by atoms with Gasteiger partial charge in [0.1, 0.15) is 5.82 Å². The summed E-state index contributed by atoms with van der Waals surface area (Å²) in [5, 5.41) is 7.79. The molecule has 1 aliphatic heterocycles. The van der Waals surface area contributed by atoms with E-state index in [4.69, 9.17) is 0 Å². The Morgan fingerprint density at radius 2 is 2.00 bits per heavy atom. The van der Waals surface area contributed by atoms with Crippen molar-refractivity contribution in [2.24, 2.45) is 5.92 Å². The minimum atomic E-state index is -0.317. The molecule has 1 unspecified atom stereocenters. The van der Waals surface area contributed by atoms with Gasteiger partial charge in [0.2, 0.25) is 0 Å². The number of amides is 2. The predicted molar refractivity (Wildman–Crippen MR) is 100 cm³/mol. The number of halogens is 1. The summed E-state index contributed by atoms with van der Waals surface area (Å²) >= 11 is 1.73. The molecule has 6 heteroatoms. The Hall–Kier alpha value is -1.92. The molecular weight excluding hydrogens is 337 g/mol. The maximum absolute atomic E-state index is 12.9. The van der Waals surface area contributed by atoms with Gasteiger partial charge in [-0.25, -0.2) is 9.18 Å². The van der Waals surface area contributed by atoms with Gasteiger partial charge in [-0.2, -0.15) is 0 Å². The van der Waals surface area contributed by atoms with Gasteiger partial charge in [0.15, 0.2) is 0 Å². The van der Waals surface area contributed by atoms with Gasteiger partial charge in [0.05, 0.1) is 6.04 Å². The second-order valence-electron chi connectivity index (χ2n) is 6.59.